The van der Waals surface area contributed by atoms with Crippen LogP contribution in [0.15, 0.2) is 54.6 Å². The van der Waals surface area contributed by atoms with Gasteiger partial charge in [0, 0.05) is 24.2 Å². The first-order chi connectivity index (χ1) is 12.1. The van der Waals surface area contributed by atoms with Crippen molar-refractivity contribution in [2.75, 3.05) is 19.6 Å². The molecule has 1 amide bonds. The number of amides is 1. The highest BCUT2D eigenvalue weighted by atomic mass is 16.6. The SMILES string of the molecule is CCN(CC)C(CNC(=O)c1ccc([N+](=O)[O-])cc1)c1ccccc1. The highest BCUT2D eigenvalue weighted by molar-refractivity contribution is 5.94. The summed E-state index contributed by atoms with van der Waals surface area (Å²) in [4.78, 5) is 24.9. The fraction of sp³-hybridized carbons (Fsp3) is 0.316. The third-order valence-electron chi connectivity index (χ3n) is 4.23. The number of benzene rings is 2. The van der Waals surface area contributed by atoms with Gasteiger partial charge in [0.25, 0.3) is 11.6 Å². The van der Waals surface area contributed by atoms with E-state index in [2.05, 4.69) is 36.2 Å². The smallest absolute Gasteiger partial charge is 0.269 e. The van der Waals surface area contributed by atoms with Crippen LogP contribution in [0.4, 0.5) is 5.69 Å². The minimum atomic E-state index is -0.479. The third kappa shape index (κ3) is 4.87. The van der Waals surface area contributed by atoms with E-state index in [0.717, 1.165) is 18.7 Å². The van der Waals surface area contributed by atoms with Gasteiger partial charge in [-0.2, -0.15) is 0 Å². The van der Waals surface area contributed by atoms with E-state index in [4.69, 9.17) is 0 Å². The van der Waals surface area contributed by atoms with Crippen LogP contribution in [0.1, 0.15) is 35.8 Å². The highest BCUT2D eigenvalue weighted by Gasteiger charge is 2.19. The van der Waals surface area contributed by atoms with Crippen LogP contribution in [0.3, 0.4) is 0 Å². The molecule has 1 N–H and O–H groups in total. The Morgan fingerprint density at radius 2 is 1.68 bits per heavy atom. The van der Waals surface area contributed by atoms with Gasteiger partial charge in [0.05, 0.1) is 11.0 Å². The number of nitro groups is 1. The van der Waals surface area contributed by atoms with Crippen LogP contribution in [-0.2, 0) is 0 Å². The Hall–Kier alpha value is -2.73. The van der Waals surface area contributed by atoms with Crippen molar-refractivity contribution in [3.63, 3.8) is 0 Å². The molecule has 0 radical (unpaired) electrons. The number of nitro benzene ring substituents is 1. The van der Waals surface area contributed by atoms with Crippen molar-refractivity contribution < 1.29 is 9.72 Å². The van der Waals surface area contributed by atoms with Gasteiger partial charge in [-0.05, 0) is 30.8 Å². The van der Waals surface area contributed by atoms with E-state index >= 15 is 0 Å². The zero-order valence-corrected chi connectivity index (χ0v) is 14.5. The van der Waals surface area contributed by atoms with Crippen molar-refractivity contribution in [2.45, 2.75) is 19.9 Å². The monoisotopic (exact) mass is 341 g/mol. The van der Waals surface area contributed by atoms with E-state index in [1.54, 1.807) is 0 Å². The van der Waals surface area contributed by atoms with E-state index < -0.39 is 4.92 Å². The van der Waals surface area contributed by atoms with Crippen molar-refractivity contribution in [3.8, 4) is 0 Å². The van der Waals surface area contributed by atoms with E-state index in [9.17, 15) is 14.9 Å². The third-order valence-corrected chi connectivity index (χ3v) is 4.23. The van der Waals surface area contributed by atoms with E-state index in [1.807, 2.05) is 18.2 Å². The summed E-state index contributed by atoms with van der Waals surface area (Å²) in [6.45, 7) is 6.42. The first-order valence-electron chi connectivity index (χ1n) is 8.38. The van der Waals surface area contributed by atoms with Crippen molar-refractivity contribution in [1.82, 2.24) is 10.2 Å². The van der Waals surface area contributed by atoms with Gasteiger partial charge in [0.15, 0.2) is 0 Å². The number of carbonyl (C=O) groups is 1. The Morgan fingerprint density at radius 3 is 2.20 bits per heavy atom. The first-order valence-corrected chi connectivity index (χ1v) is 8.38. The summed E-state index contributed by atoms with van der Waals surface area (Å²) < 4.78 is 0. The summed E-state index contributed by atoms with van der Waals surface area (Å²) in [5, 5.41) is 13.6. The Kier molecular flexibility index (Phi) is 6.65. The zero-order chi connectivity index (χ0) is 18.2. The van der Waals surface area contributed by atoms with Gasteiger partial charge in [-0.25, -0.2) is 0 Å². The molecule has 0 aromatic heterocycles. The second-order valence-electron chi connectivity index (χ2n) is 5.66. The number of nitrogens with one attached hydrogen (secondary N) is 1. The number of hydrogen-bond donors (Lipinski definition) is 1. The van der Waals surface area contributed by atoms with Crippen LogP contribution in [-0.4, -0.2) is 35.4 Å². The molecule has 0 saturated carbocycles. The maximum atomic E-state index is 12.4. The first kappa shape index (κ1) is 18.6. The van der Waals surface area contributed by atoms with Crippen molar-refractivity contribution >= 4 is 11.6 Å². The molecular formula is C19H23N3O3. The number of nitrogens with zero attached hydrogens (tertiary/aromatic N) is 2. The molecule has 132 valence electrons. The summed E-state index contributed by atoms with van der Waals surface area (Å²) >= 11 is 0. The molecule has 0 saturated heterocycles. The van der Waals surface area contributed by atoms with Crippen LogP contribution in [0.2, 0.25) is 0 Å². The molecule has 0 fully saturated rings. The van der Waals surface area contributed by atoms with Crippen LogP contribution >= 0.6 is 0 Å². The fourth-order valence-electron chi connectivity index (χ4n) is 2.82. The molecule has 2 aromatic carbocycles. The predicted molar refractivity (Wildman–Crippen MR) is 97.5 cm³/mol. The zero-order valence-electron chi connectivity index (χ0n) is 14.5. The molecule has 2 rings (SSSR count). The summed E-state index contributed by atoms with van der Waals surface area (Å²) in [7, 11) is 0. The van der Waals surface area contributed by atoms with Gasteiger partial charge >= 0.3 is 0 Å². The quantitative estimate of drug-likeness (QED) is 0.590. The van der Waals surface area contributed by atoms with E-state index in [0.29, 0.717) is 12.1 Å². The Balaban J connectivity index is 2.09. The molecule has 6 nitrogen and oxygen atoms in total. The van der Waals surface area contributed by atoms with Gasteiger partial charge in [-0.1, -0.05) is 44.2 Å². The second-order valence-corrected chi connectivity index (χ2v) is 5.66. The lowest BCUT2D eigenvalue weighted by molar-refractivity contribution is -0.384. The van der Waals surface area contributed by atoms with Crippen LogP contribution < -0.4 is 5.32 Å². The summed E-state index contributed by atoms with van der Waals surface area (Å²) in [6, 6.07) is 15.8. The van der Waals surface area contributed by atoms with Crippen LogP contribution in [0.5, 0.6) is 0 Å². The summed E-state index contributed by atoms with van der Waals surface area (Å²) in [5.74, 6) is -0.233. The lowest BCUT2D eigenvalue weighted by atomic mass is 10.0. The average Bonchev–Trinajstić information content (AvgIpc) is 2.65. The number of carbonyl (C=O) groups excluding carboxylic acids is 1. The maximum Gasteiger partial charge on any atom is 0.269 e. The number of rotatable bonds is 8. The molecule has 2 aromatic rings. The standard InChI is InChI=1S/C19H23N3O3/c1-3-21(4-2)18(15-8-6-5-7-9-15)14-20-19(23)16-10-12-17(13-11-16)22(24)25/h5-13,18H,3-4,14H2,1-2H3,(H,20,23). The van der Waals surface area contributed by atoms with Crippen molar-refractivity contribution in [1.29, 1.82) is 0 Å². The normalized spacial score (nSPS) is 12.0. The van der Waals surface area contributed by atoms with Gasteiger partial charge < -0.3 is 5.32 Å². The molecule has 1 atom stereocenters. The minimum absolute atomic E-state index is 0.0261. The Labute approximate surface area is 147 Å². The lowest BCUT2D eigenvalue weighted by Crippen LogP contribution is -2.38. The molecule has 0 bridgehead atoms. The van der Waals surface area contributed by atoms with Crippen LogP contribution in [0.25, 0.3) is 0 Å². The van der Waals surface area contributed by atoms with Crippen molar-refractivity contribution in [3.05, 3.63) is 75.8 Å². The average molecular weight is 341 g/mol. The Bertz CT molecular complexity index is 698. The number of non-ortho nitro benzene ring substituents is 1. The predicted octanol–water partition coefficient (Wildman–Crippen LogP) is 3.41. The van der Waals surface area contributed by atoms with Gasteiger partial charge in [0.2, 0.25) is 0 Å². The van der Waals surface area contributed by atoms with Crippen molar-refractivity contribution in [2.24, 2.45) is 0 Å². The molecule has 0 aliphatic carbocycles. The molecule has 25 heavy (non-hydrogen) atoms. The second kappa shape index (κ2) is 8.94. The molecule has 1 unspecified atom stereocenters. The summed E-state index contributed by atoms with van der Waals surface area (Å²) in [5.41, 5.74) is 1.54. The largest absolute Gasteiger partial charge is 0.350 e. The van der Waals surface area contributed by atoms with E-state index in [1.165, 1.54) is 24.3 Å². The van der Waals surface area contributed by atoms with E-state index in [-0.39, 0.29) is 17.6 Å². The molecule has 0 heterocycles. The topological polar surface area (TPSA) is 75.5 Å². The molecule has 0 aliphatic rings. The van der Waals surface area contributed by atoms with Gasteiger partial charge in [0.1, 0.15) is 0 Å². The highest BCUT2D eigenvalue weighted by Crippen LogP contribution is 2.20. The maximum absolute atomic E-state index is 12.4. The lowest BCUT2D eigenvalue weighted by Gasteiger charge is -2.30. The Morgan fingerprint density at radius 1 is 1.08 bits per heavy atom. The minimum Gasteiger partial charge on any atom is -0.350 e. The fourth-order valence-corrected chi connectivity index (χ4v) is 2.82. The van der Waals surface area contributed by atoms with Gasteiger partial charge in [-0.15, -0.1) is 0 Å². The summed E-state index contributed by atoms with van der Waals surface area (Å²) in [6.07, 6.45) is 0. The molecule has 6 heteroatoms. The molecule has 0 aliphatic heterocycles. The molecular weight excluding hydrogens is 318 g/mol. The van der Waals surface area contributed by atoms with Gasteiger partial charge in [-0.3, -0.25) is 19.8 Å². The molecule has 0 spiro atoms. The number of hydrogen-bond acceptors (Lipinski definition) is 4. The van der Waals surface area contributed by atoms with Crippen LogP contribution in [0, 0.1) is 10.1 Å². The number of likely N-dealkylation sites (N-methyl/N-ethyl adjacent to an activating group) is 1.